The SMILES string of the molecule is CCOC(=O)Nc1ccc(-c2c3ccccc3c3cc(NC(=O)OCC)ccc3[n+]2C)cc1.[Cl-]. The highest BCUT2D eigenvalue weighted by Crippen LogP contribution is 2.32. The van der Waals surface area contributed by atoms with Gasteiger partial charge in [0.2, 0.25) is 11.2 Å². The quantitative estimate of drug-likeness (QED) is 0.340. The van der Waals surface area contributed by atoms with Crippen molar-refractivity contribution >= 4 is 45.2 Å². The van der Waals surface area contributed by atoms with Crippen molar-refractivity contribution in [1.29, 1.82) is 0 Å². The third kappa shape index (κ3) is 5.05. The molecule has 0 saturated heterocycles. The molecule has 0 bridgehead atoms. The van der Waals surface area contributed by atoms with Crippen LogP contribution in [0, 0.1) is 0 Å². The number of aromatic nitrogens is 1. The van der Waals surface area contributed by atoms with Gasteiger partial charge in [0, 0.05) is 28.4 Å². The fourth-order valence-electron chi connectivity index (χ4n) is 3.98. The summed E-state index contributed by atoms with van der Waals surface area (Å²) < 4.78 is 12.1. The van der Waals surface area contributed by atoms with E-state index in [1.54, 1.807) is 13.8 Å². The minimum Gasteiger partial charge on any atom is -1.00 e. The van der Waals surface area contributed by atoms with E-state index in [0.717, 1.165) is 32.9 Å². The van der Waals surface area contributed by atoms with Gasteiger partial charge in [0.15, 0.2) is 0 Å². The highest BCUT2D eigenvalue weighted by molar-refractivity contribution is 6.10. The van der Waals surface area contributed by atoms with Gasteiger partial charge in [0.1, 0.15) is 7.05 Å². The van der Waals surface area contributed by atoms with E-state index in [4.69, 9.17) is 9.47 Å². The van der Waals surface area contributed by atoms with Crippen molar-refractivity contribution in [2.75, 3.05) is 23.8 Å². The predicted molar refractivity (Wildman–Crippen MR) is 129 cm³/mol. The molecular formula is C26H26ClN3O4. The van der Waals surface area contributed by atoms with Crippen LogP contribution in [0.15, 0.2) is 66.7 Å². The van der Waals surface area contributed by atoms with Gasteiger partial charge < -0.3 is 21.9 Å². The van der Waals surface area contributed by atoms with Crippen molar-refractivity contribution in [3.63, 3.8) is 0 Å². The molecular weight excluding hydrogens is 454 g/mol. The van der Waals surface area contributed by atoms with Gasteiger partial charge >= 0.3 is 12.2 Å². The van der Waals surface area contributed by atoms with E-state index in [1.165, 1.54) is 0 Å². The predicted octanol–water partition coefficient (Wildman–Crippen LogP) is 2.63. The van der Waals surface area contributed by atoms with E-state index in [9.17, 15) is 9.59 Å². The number of hydrogen-bond acceptors (Lipinski definition) is 4. The highest BCUT2D eigenvalue weighted by atomic mass is 35.5. The number of amides is 2. The molecule has 0 aliphatic rings. The van der Waals surface area contributed by atoms with Crippen LogP contribution >= 0.6 is 0 Å². The average molecular weight is 480 g/mol. The Kier molecular flexibility index (Phi) is 7.91. The molecule has 4 aromatic rings. The summed E-state index contributed by atoms with van der Waals surface area (Å²) in [5, 5.41) is 8.67. The number of carbonyl (C=O) groups is 2. The molecule has 2 N–H and O–H groups in total. The van der Waals surface area contributed by atoms with Gasteiger partial charge in [-0.2, -0.15) is 4.57 Å². The number of pyridine rings is 1. The van der Waals surface area contributed by atoms with Crippen molar-refractivity contribution in [2.45, 2.75) is 13.8 Å². The third-order valence-corrected chi connectivity index (χ3v) is 5.37. The summed E-state index contributed by atoms with van der Waals surface area (Å²) in [7, 11) is 2.02. The zero-order valence-electron chi connectivity index (χ0n) is 19.2. The fourth-order valence-corrected chi connectivity index (χ4v) is 3.98. The molecule has 8 heteroatoms. The van der Waals surface area contributed by atoms with Crippen molar-refractivity contribution in [1.82, 2.24) is 0 Å². The number of hydrogen-bond donors (Lipinski definition) is 2. The van der Waals surface area contributed by atoms with Crippen LogP contribution in [-0.4, -0.2) is 25.4 Å². The van der Waals surface area contributed by atoms with Crippen LogP contribution in [0.25, 0.3) is 32.9 Å². The normalized spacial score (nSPS) is 10.4. The van der Waals surface area contributed by atoms with E-state index < -0.39 is 12.2 Å². The number of benzene rings is 3. The molecule has 4 rings (SSSR count). The van der Waals surface area contributed by atoms with E-state index in [0.29, 0.717) is 24.6 Å². The monoisotopic (exact) mass is 479 g/mol. The Bertz CT molecular complexity index is 1340. The van der Waals surface area contributed by atoms with Gasteiger partial charge in [-0.1, -0.05) is 18.2 Å². The Morgan fingerprint density at radius 2 is 1.32 bits per heavy atom. The molecule has 0 atom stereocenters. The molecule has 0 saturated carbocycles. The smallest absolute Gasteiger partial charge is 0.411 e. The first-order chi connectivity index (χ1) is 16.0. The zero-order chi connectivity index (χ0) is 23.4. The van der Waals surface area contributed by atoms with Gasteiger partial charge in [0.25, 0.3) is 0 Å². The lowest BCUT2D eigenvalue weighted by Crippen LogP contribution is -3.00. The van der Waals surface area contributed by atoms with Crippen LogP contribution in [0.5, 0.6) is 0 Å². The van der Waals surface area contributed by atoms with Crippen LogP contribution in [-0.2, 0) is 16.5 Å². The maximum absolute atomic E-state index is 11.9. The molecule has 0 aliphatic carbocycles. The van der Waals surface area contributed by atoms with E-state index in [1.807, 2.05) is 61.6 Å². The number of nitrogens with zero attached hydrogens (tertiary/aromatic N) is 1. The zero-order valence-corrected chi connectivity index (χ0v) is 20.0. The summed E-state index contributed by atoms with van der Waals surface area (Å²) in [6, 6.07) is 21.7. The number of rotatable bonds is 5. The van der Waals surface area contributed by atoms with E-state index >= 15 is 0 Å². The second kappa shape index (κ2) is 10.9. The first-order valence-corrected chi connectivity index (χ1v) is 10.8. The average Bonchev–Trinajstić information content (AvgIpc) is 2.80. The molecule has 7 nitrogen and oxygen atoms in total. The summed E-state index contributed by atoms with van der Waals surface area (Å²) in [5.41, 5.74) is 4.42. The van der Waals surface area contributed by atoms with Crippen LogP contribution in [0.4, 0.5) is 21.0 Å². The number of carbonyl (C=O) groups excluding carboxylic acids is 2. The minimum atomic E-state index is -0.473. The molecule has 0 spiro atoms. The molecule has 0 radical (unpaired) electrons. The van der Waals surface area contributed by atoms with Crippen LogP contribution < -0.4 is 27.6 Å². The summed E-state index contributed by atoms with van der Waals surface area (Å²) >= 11 is 0. The van der Waals surface area contributed by atoms with Crippen molar-refractivity contribution in [3.05, 3.63) is 66.7 Å². The molecule has 2 amide bonds. The van der Waals surface area contributed by atoms with Gasteiger partial charge in [-0.3, -0.25) is 10.6 Å². The molecule has 176 valence electrons. The summed E-state index contributed by atoms with van der Waals surface area (Å²) in [6.45, 7) is 4.17. The number of ether oxygens (including phenoxy) is 2. The fraction of sp³-hybridized carbons (Fsp3) is 0.192. The largest absolute Gasteiger partial charge is 1.00 e. The summed E-state index contributed by atoms with van der Waals surface area (Å²) in [4.78, 5) is 23.6. The minimum absolute atomic E-state index is 0. The van der Waals surface area contributed by atoms with E-state index in [2.05, 4.69) is 27.3 Å². The van der Waals surface area contributed by atoms with E-state index in [-0.39, 0.29) is 12.4 Å². The molecule has 34 heavy (non-hydrogen) atoms. The second-order valence-corrected chi connectivity index (χ2v) is 7.45. The number of nitrogens with one attached hydrogen (secondary N) is 2. The molecule has 0 fully saturated rings. The molecule has 1 heterocycles. The Morgan fingerprint density at radius 1 is 0.765 bits per heavy atom. The third-order valence-electron chi connectivity index (χ3n) is 5.37. The first-order valence-electron chi connectivity index (χ1n) is 10.8. The lowest BCUT2D eigenvalue weighted by molar-refractivity contribution is -0.632. The van der Waals surface area contributed by atoms with Crippen LogP contribution in [0.2, 0.25) is 0 Å². The highest BCUT2D eigenvalue weighted by Gasteiger charge is 2.21. The Hall–Kier alpha value is -3.84. The maximum Gasteiger partial charge on any atom is 0.411 e. The number of fused-ring (bicyclic) bond motifs is 3. The number of halogens is 1. The Labute approximate surface area is 204 Å². The second-order valence-electron chi connectivity index (χ2n) is 7.45. The van der Waals surface area contributed by atoms with Crippen molar-refractivity contribution in [2.24, 2.45) is 7.05 Å². The lowest BCUT2D eigenvalue weighted by atomic mass is 9.99. The summed E-state index contributed by atoms with van der Waals surface area (Å²) in [5.74, 6) is 0. The number of anilines is 2. The molecule has 0 aliphatic heterocycles. The maximum atomic E-state index is 11.9. The Morgan fingerprint density at radius 3 is 1.94 bits per heavy atom. The standard InChI is InChI=1S/C26H25N3O4.ClH/c1-4-32-25(30)27-18-12-10-17(11-13-18)24-21-9-7-6-8-20(21)22-16-19(28-26(31)33-5-2)14-15-23(22)29(24)3;/h6-16H,4-5H2,1-3H3,(H,28,31);1H. The lowest BCUT2D eigenvalue weighted by Gasteiger charge is -2.12. The van der Waals surface area contributed by atoms with Crippen LogP contribution in [0.3, 0.4) is 0 Å². The van der Waals surface area contributed by atoms with Gasteiger partial charge in [0.05, 0.1) is 24.0 Å². The molecule has 1 aromatic heterocycles. The molecule has 0 unspecified atom stereocenters. The van der Waals surface area contributed by atoms with Gasteiger partial charge in [-0.15, -0.1) is 0 Å². The van der Waals surface area contributed by atoms with Crippen molar-refractivity contribution < 1.29 is 36.0 Å². The topological polar surface area (TPSA) is 80.5 Å². The van der Waals surface area contributed by atoms with Gasteiger partial charge in [-0.25, -0.2) is 9.59 Å². The van der Waals surface area contributed by atoms with Crippen molar-refractivity contribution in [3.8, 4) is 11.3 Å². The summed E-state index contributed by atoms with van der Waals surface area (Å²) in [6.07, 6.45) is -0.946. The van der Waals surface area contributed by atoms with Gasteiger partial charge in [-0.05, 0) is 56.3 Å². The Balaban J connectivity index is 0.00000324. The number of aryl methyl sites for hydroxylation is 1. The van der Waals surface area contributed by atoms with Crippen LogP contribution in [0.1, 0.15) is 13.8 Å². The first kappa shape index (κ1) is 24.8. The molecule has 3 aromatic carbocycles.